The van der Waals surface area contributed by atoms with Crippen molar-refractivity contribution < 1.29 is 24.2 Å². The summed E-state index contributed by atoms with van der Waals surface area (Å²) in [6, 6.07) is 13.0. The number of aromatic amines is 1. The minimum atomic E-state index is -0.936. The van der Waals surface area contributed by atoms with Crippen molar-refractivity contribution in [1.82, 2.24) is 15.0 Å². The third kappa shape index (κ3) is 3.67. The molecule has 0 aliphatic carbocycles. The van der Waals surface area contributed by atoms with Gasteiger partial charge in [0.1, 0.15) is 5.76 Å². The summed E-state index contributed by atoms with van der Waals surface area (Å²) in [6.07, 6.45) is 3.15. The second kappa shape index (κ2) is 8.60. The topological polar surface area (TPSA) is 118 Å². The molecular formula is C26H22N4O5. The maximum Gasteiger partial charge on any atom is 0.302 e. The standard InChI is InChI=1S/C26H22N4O5/c1-14-6-8-15(9-7-14)23(31)21-22(16-5-4-10-27-13-16)30(25(33)24(21)32)26-28-17-11-19(34-2)20(35-3)12-18(17)29-26/h4-13,22,31H,1-3H3,(H,28,29)/b23-21+. The summed E-state index contributed by atoms with van der Waals surface area (Å²) in [7, 11) is 3.04. The van der Waals surface area contributed by atoms with Crippen LogP contribution in [0.5, 0.6) is 11.5 Å². The Kier molecular flexibility index (Phi) is 5.44. The molecule has 1 aliphatic rings. The molecule has 1 amide bonds. The normalized spacial score (nSPS) is 17.2. The van der Waals surface area contributed by atoms with Gasteiger partial charge in [0, 0.05) is 30.1 Å². The van der Waals surface area contributed by atoms with Crippen molar-refractivity contribution in [3.63, 3.8) is 0 Å². The van der Waals surface area contributed by atoms with E-state index in [0.717, 1.165) is 5.56 Å². The maximum atomic E-state index is 13.3. The Morgan fingerprint density at radius 1 is 1.06 bits per heavy atom. The molecule has 1 atom stereocenters. The van der Waals surface area contributed by atoms with Crippen LogP contribution in [0.1, 0.15) is 22.7 Å². The number of nitrogens with one attached hydrogen (secondary N) is 1. The first-order chi connectivity index (χ1) is 16.9. The number of carbonyl (C=O) groups excluding carboxylic acids is 2. The van der Waals surface area contributed by atoms with Crippen LogP contribution in [-0.2, 0) is 9.59 Å². The zero-order chi connectivity index (χ0) is 24.7. The highest BCUT2D eigenvalue weighted by atomic mass is 16.5. The number of hydrogen-bond acceptors (Lipinski definition) is 7. The zero-order valence-electron chi connectivity index (χ0n) is 19.3. The molecule has 1 unspecified atom stereocenters. The van der Waals surface area contributed by atoms with Crippen molar-refractivity contribution >= 4 is 34.4 Å². The average molecular weight is 470 g/mol. The Labute approximate surface area is 200 Å². The van der Waals surface area contributed by atoms with E-state index in [2.05, 4.69) is 15.0 Å². The van der Waals surface area contributed by atoms with Gasteiger partial charge in [0.05, 0.1) is 36.9 Å². The lowest BCUT2D eigenvalue weighted by Gasteiger charge is -2.22. The molecule has 1 aliphatic heterocycles. The van der Waals surface area contributed by atoms with Crippen LogP contribution in [0.4, 0.5) is 5.95 Å². The number of aliphatic hydroxyl groups excluding tert-OH is 1. The number of rotatable bonds is 5. The summed E-state index contributed by atoms with van der Waals surface area (Å²) in [5, 5.41) is 11.2. The van der Waals surface area contributed by atoms with E-state index in [1.807, 2.05) is 19.1 Å². The minimum absolute atomic E-state index is 0.0394. The van der Waals surface area contributed by atoms with Crippen LogP contribution in [0, 0.1) is 6.92 Å². The van der Waals surface area contributed by atoms with Crippen LogP contribution >= 0.6 is 0 Å². The van der Waals surface area contributed by atoms with Gasteiger partial charge in [-0.25, -0.2) is 4.98 Å². The molecule has 0 saturated carbocycles. The van der Waals surface area contributed by atoms with Crippen molar-refractivity contribution in [3.05, 3.63) is 83.2 Å². The van der Waals surface area contributed by atoms with E-state index >= 15 is 0 Å². The number of carbonyl (C=O) groups is 2. The number of aliphatic hydroxyl groups is 1. The third-order valence-electron chi connectivity index (χ3n) is 5.97. The lowest BCUT2D eigenvalue weighted by atomic mass is 9.96. The molecule has 2 N–H and O–H groups in total. The van der Waals surface area contributed by atoms with Crippen molar-refractivity contribution in [2.75, 3.05) is 19.1 Å². The van der Waals surface area contributed by atoms with Crippen molar-refractivity contribution in [2.45, 2.75) is 13.0 Å². The first-order valence-corrected chi connectivity index (χ1v) is 10.8. The molecule has 0 radical (unpaired) electrons. The summed E-state index contributed by atoms with van der Waals surface area (Å²) in [4.78, 5) is 39.6. The Balaban J connectivity index is 1.71. The number of aryl methyl sites for hydroxylation is 1. The number of imidazole rings is 1. The summed E-state index contributed by atoms with van der Waals surface area (Å²) >= 11 is 0. The lowest BCUT2D eigenvalue weighted by Crippen LogP contribution is -2.30. The summed E-state index contributed by atoms with van der Waals surface area (Å²) in [6.45, 7) is 1.92. The van der Waals surface area contributed by atoms with Crippen LogP contribution in [0.25, 0.3) is 16.8 Å². The van der Waals surface area contributed by atoms with E-state index in [1.165, 1.54) is 19.1 Å². The predicted octanol–water partition coefficient (Wildman–Crippen LogP) is 3.91. The largest absolute Gasteiger partial charge is 0.507 e. The van der Waals surface area contributed by atoms with Crippen molar-refractivity contribution in [1.29, 1.82) is 0 Å². The van der Waals surface area contributed by atoms with Gasteiger partial charge in [-0.3, -0.25) is 19.5 Å². The van der Waals surface area contributed by atoms with Gasteiger partial charge in [-0.2, -0.15) is 0 Å². The molecular weight excluding hydrogens is 448 g/mol. The molecule has 176 valence electrons. The van der Waals surface area contributed by atoms with Gasteiger partial charge in [0.25, 0.3) is 5.78 Å². The molecule has 1 saturated heterocycles. The zero-order valence-corrected chi connectivity index (χ0v) is 19.3. The number of benzene rings is 2. The minimum Gasteiger partial charge on any atom is -0.507 e. The number of anilines is 1. The lowest BCUT2D eigenvalue weighted by molar-refractivity contribution is -0.132. The Hall–Kier alpha value is -4.66. The van der Waals surface area contributed by atoms with Crippen LogP contribution in [-0.4, -0.2) is 46.0 Å². The number of aromatic nitrogens is 3. The molecule has 9 nitrogen and oxygen atoms in total. The summed E-state index contributed by atoms with van der Waals surface area (Å²) < 4.78 is 10.7. The predicted molar refractivity (Wildman–Crippen MR) is 129 cm³/mol. The van der Waals surface area contributed by atoms with Gasteiger partial charge in [-0.05, 0) is 18.6 Å². The van der Waals surface area contributed by atoms with E-state index in [4.69, 9.17) is 9.47 Å². The molecule has 1 fully saturated rings. The van der Waals surface area contributed by atoms with Crippen LogP contribution in [0.3, 0.4) is 0 Å². The number of H-pyrrole nitrogens is 1. The summed E-state index contributed by atoms with van der Waals surface area (Å²) in [5.74, 6) is -0.782. The van der Waals surface area contributed by atoms with E-state index < -0.39 is 17.7 Å². The fourth-order valence-corrected chi connectivity index (χ4v) is 4.21. The molecule has 5 rings (SSSR count). The van der Waals surface area contributed by atoms with Crippen LogP contribution in [0.15, 0.2) is 66.5 Å². The number of hydrogen-bond donors (Lipinski definition) is 2. The average Bonchev–Trinajstić information content (AvgIpc) is 3.41. The highest BCUT2D eigenvalue weighted by Gasteiger charge is 2.48. The van der Waals surface area contributed by atoms with Gasteiger partial charge >= 0.3 is 5.91 Å². The molecule has 0 spiro atoms. The second-order valence-electron chi connectivity index (χ2n) is 8.11. The number of fused-ring (bicyclic) bond motifs is 1. The van der Waals surface area contributed by atoms with Gasteiger partial charge < -0.3 is 19.6 Å². The number of methoxy groups -OCH3 is 2. The first-order valence-electron chi connectivity index (χ1n) is 10.8. The molecule has 35 heavy (non-hydrogen) atoms. The summed E-state index contributed by atoms with van der Waals surface area (Å²) in [5.41, 5.74) is 3.05. The number of nitrogens with zero attached hydrogens (tertiary/aromatic N) is 3. The SMILES string of the molecule is COc1cc2nc(N3C(=O)C(=O)/C(=C(/O)c4ccc(C)cc4)C3c3cccnc3)[nH]c2cc1OC. The Bertz CT molecular complexity index is 1430. The quantitative estimate of drug-likeness (QED) is 0.258. The smallest absolute Gasteiger partial charge is 0.302 e. The highest BCUT2D eigenvalue weighted by molar-refractivity contribution is 6.51. The molecule has 3 heterocycles. The van der Waals surface area contributed by atoms with Gasteiger partial charge in [0.2, 0.25) is 5.95 Å². The van der Waals surface area contributed by atoms with Gasteiger partial charge in [-0.15, -0.1) is 0 Å². The van der Waals surface area contributed by atoms with Gasteiger partial charge in [0.15, 0.2) is 11.5 Å². The molecule has 0 bridgehead atoms. The van der Waals surface area contributed by atoms with E-state index in [1.54, 1.807) is 48.8 Å². The molecule has 2 aromatic heterocycles. The van der Waals surface area contributed by atoms with Crippen LogP contribution < -0.4 is 14.4 Å². The maximum absolute atomic E-state index is 13.3. The number of ketones is 1. The Morgan fingerprint density at radius 3 is 2.43 bits per heavy atom. The first kappa shape index (κ1) is 22.1. The number of Topliss-reactive ketones (excluding diaryl/α,β-unsaturated/α-hetero) is 1. The van der Waals surface area contributed by atoms with E-state index in [-0.39, 0.29) is 17.3 Å². The highest BCUT2D eigenvalue weighted by Crippen LogP contribution is 2.42. The number of ether oxygens (including phenoxy) is 2. The monoisotopic (exact) mass is 470 g/mol. The van der Waals surface area contributed by atoms with Gasteiger partial charge in [-0.1, -0.05) is 35.9 Å². The van der Waals surface area contributed by atoms with E-state index in [0.29, 0.717) is 33.7 Å². The number of amides is 1. The molecule has 9 heteroatoms. The van der Waals surface area contributed by atoms with E-state index in [9.17, 15) is 14.7 Å². The number of pyridine rings is 1. The second-order valence-corrected chi connectivity index (χ2v) is 8.11. The fourth-order valence-electron chi connectivity index (χ4n) is 4.21. The Morgan fingerprint density at radius 2 is 1.77 bits per heavy atom. The van der Waals surface area contributed by atoms with Crippen molar-refractivity contribution in [3.8, 4) is 11.5 Å². The van der Waals surface area contributed by atoms with Crippen LogP contribution in [0.2, 0.25) is 0 Å². The molecule has 2 aromatic carbocycles. The molecule has 4 aromatic rings. The van der Waals surface area contributed by atoms with Crippen molar-refractivity contribution in [2.24, 2.45) is 0 Å². The fraction of sp³-hybridized carbons (Fsp3) is 0.154. The third-order valence-corrected chi connectivity index (χ3v) is 5.97.